The number of rotatable bonds is 7. The van der Waals surface area contributed by atoms with Crippen LogP contribution in [0.3, 0.4) is 0 Å². The molecule has 0 aromatic heterocycles. The van der Waals surface area contributed by atoms with Crippen LogP contribution in [0.2, 0.25) is 5.02 Å². The monoisotopic (exact) mass is 271 g/mol. The molecule has 0 aliphatic rings. The first kappa shape index (κ1) is 15.0. The van der Waals surface area contributed by atoms with Gasteiger partial charge in [-0.3, -0.25) is 4.79 Å². The molecular weight excluding hydrogens is 254 g/mol. The van der Waals surface area contributed by atoms with E-state index in [9.17, 15) is 4.79 Å². The maximum Gasteiger partial charge on any atom is 0.251 e. The van der Waals surface area contributed by atoms with Crippen LogP contribution in [-0.4, -0.2) is 36.9 Å². The molecule has 0 fully saturated rings. The highest BCUT2D eigenvalue weighted by Crippen LogP contribution is 2.09. The Kier molecular flexibility index (Phi) is 6.72. The smallest absolute Gasteiger partial charge is 0.251 e. The van der Waals surface area contributed by atoms with Crippen molar-refractivity contribution in [2.45, 2.75) is 19.4 Å². The number of halogens is 1. The fraction of sp³-hybridized carbons (Fsp3) is 0.462. The fourth-order valence-electron chi connectivity index (χ4n) is 1.51. The second kappa shape index (κ2) is 8.08. The van der Waals surface area contributed by atoms with Gasteiger partial charge >= 0.3 is 0 Å². The van der Waals surface area contributed by atoms with Crippen LogP contribution in [0.15, 0.2) is 24.3 Å². The van der Waals surface area contributed by atoms with Crippen LogP contribution in [0, 0.1) is 0 Å². The molecule has 0 saturated heterocycles. The van der Waals surface area contributed by atoms with Crippen LogP contribution < -0.4 is 5.32 Å². The molecule has 1 aromatic rings. The lowest BCUT2D eigenvalue weighted by Crippen LogP contribution is -2.29. The molecule has 18 heavy (non-hydrogen) atoms. The molecule has 4 nitrogen and oxygen atoms in total. The summed E-state index contributed by atoms with van der Waals surface area (Å²) in [4.78, 5) is 11.7. The Balaban J connectivity index is 2.35. The highest BCUT2D eigenvalue weighted by atomic mass is 35.5. The fourth-order valence-corrected chi connectivity index (χ4v) is 1.64. The number of benzene rings is 1. The largest absolute Gasteiger partial charge is 0.394 e. The third kappa shape index (κ3) is 5.04. The van der Waals surface area contributed by atoms with Gasteiger partial charge in [0.2, 0.25) is 0 Å². The number of aliphatic hydroxyl groups is 1. The Morgan fingerprint density at radius 1 is 1.44 bits per heavy atom. The Hall–Kier alpha value is -1.10. The number of carbonyl (C=O) groups is 1. The van der Waals surface area contributed by atoms with Crippen LogP contribution in [0.5, 0.6) is 0 Å². The van der Waals surface area contributed by atoms with Gasteiger partial charge in [0, 0.05) is 23.7 Å². The third-order valence-corrected chi connectivity index (χ3v) is 2.72. The minimum atomic E-state index is -0.222. The maximum atomic E-state index is 11.7. The van der Waals surface area contributed by atoms with Crippen LogP contribution in [-0.2, 0) is 4.74 Å². The van der Waals surface area contributed by atoms with Gasteiger partial charge in [0.05, 0.1) is 12.7 Å². The normalized spacial score (nSPS) is 12.2. The second-order valence-corrected chi connectivity index (χ2v) is 4.25. The van der Waals surface area contributed by atoms with Crippen molar-refractivity contribution < 1.29 is 14.6 Å². The van der Waals surface area contributed by atoms with Crippen molar-refractivity contribution >= 4 is 17.5 Å². The summed E-state index contributed by atoms with van der Waals surface area (Å²) >= 11 is 5.74. The first-order valence-electron chi connectivity index (χ1n) is 5.93. The van der Waals surface area contributed by atoms with Crippen LogP contribution >= 0.6 is 11.6 Å². The van der Waals surface area contributed by atoms with E-state index < -0.39 is 0 Å². The molecule has 0 aliphatic heterocycles. The Bertz CT molecular complexity index is 367. The number of carbonyl (C=O) groups excluding carboxylic acids is 1. The number of hydrogen-bond donors (Lipinski definition) is 2. The summed E-state index contributed by atoms with van der Waals surface area (Å²) in [5.74, 6) is -0.153. The molecule has 0 bridgehead atoms. The summed E-state index contributed by atoms with van der Waals surface area (Å²) in [6.45, 7) is 2.85. The molecular formula is C13H18ClNO3. The number of ether oxygens (including phenoxy) is 1. The zero-order valence-corrected chi connectivity index (χ0v) is 11.1. The molecule has 0 spiro atoms. The summed E-state index contributed by atoms with van der Waals surface area (Å²) < 4.78 is 5.28. The Morgan fingerprint density at radius 2 is 2.11 bits per heavy atom. The average molecular weight is 272 g/mol. The van der Waals surface area contributed by atoms with Gasteiger partial charge in [-0.25, -0.2) is 0 Å². The van der Waals surface area contributed by atoms with Crippen LogP contribution in [0.25, 0.3) is 0 Å². The van der Waals surface area contributed by atoms with Crippen molar-refractivity contribution in [3.8, 4) is 0 Å². The first-order valence-corrected chi connectivity index (χ1v) is 6.31. The predicted molar refractivity (Wildman–Crippen MR) is 70.9 cm³/mol. The quantitative estimate of drug-likeness (QED) is 0.796. The van der Waals surface area contributed by atoms with E-state index in [1.165, 1.54) is 0 Å². The summed E-state index contributed by atoms with van der Waals surface area (Å²) in [5, 5.41) is 12.4. The van der Waals surface area contributed by atoms with E-state index in [-0.39, 0.29) is 18.6 Å². The first-order chi connectivity index (χ1) is 8.67. The van der Waals surface area contributed by atoms with Crippen molar-refractivity contribution in [3.63, 3.8) is 0 Å². The van der Waals surface area contributed by atoms with Gasteiger partial charge < -0.3 is 15.2 Å². The molecule has 1 rings (SSSR count). The summed E-state index contributed by atoms with van der Waals surface area (Å²) in [6.07, 6.45) is 0.365. The van der Waals surface area contributed by atoms with Crippen molar-refractivity contribution in [1.29, 1.82) is 0 Å². The lowest BCUT2D eigenvalue weighted by atomic mass is 10.2. The van der Waals surface area contributed by atoms with Gasteiger partial charge in [0.25, 0.3) is 5.91 Å². The van der Waals surface area contributed by atoms with Gasteiger partial charge in [0.1, 0.15) is 0 Å². The minimum absolute atomic E-state index is 0.0370. The van der Waals surface area contributed by atoms with Crippen LogP contribution in [0.1, 0.15) is 23.7 Å². The molecule has 0 heterocycles. The van der Waals surface area contributed by atoms with E-state index >= 15 is 0 Å². The second-order valence-electron chi connectivity index (χ2n) is 3.81. The molecule has 0 unspecified atom stereocenters. The zero-order valence-electron chi connectivity index (χ0n) is 10.4. The van der Waals surface area contributed by atoms with Crippen LogP contribution in [0.4, 0.5) is 0 Å². The third-order valence-electron chi connectivity index (χ3n) is 2.46. The SMILES string of the molecule is CCO[C@H](CO)CCNC(=O)c1ccc(Cl)cc1. The molecule has 1 amide bonds. The molecule has 1 atom stereocenters. The van der Waals surface area contributed by atoms with Crippen molar-refractivity contribution in [1.82, 2.24) is 5.32 Å². The number of aliphatic hydroxyl groups excluding tert-OH is 1. The van der Waals surface area contributed by atoms with Gasteiger partial charge in [-0.1, -0.05) is 11.6 Å². The summed E-state index contributed by atoms with van der Waals surface area (Å²) in [6, 6.07) is 6.69. The molecule has 0 aliphatic carbocycles. The van der Waals surface area contributed by atoms with Gasteiger partial charge in [-0.05, 0) is 37.6 Å². The molecule has 5 heteroatoms. The molecule has 0 saturated carbocycles. The van der Waals surface area contributed by atoms with E-state index in [0.717, 1.165) is 0 Å². The maximum absolute atomic E-state index is 11.7. The van der Waals surface area contributed by atoms with Gasteiger partial charge in [-0.2, -0.15) is 0 Å². The standard InChI is InChI=1S/C13H18ClNO3/c1-2-18-12(9-16)7-8-15-13(17)10-3-5-11(14)6-4-10/h3-6,12,16H,2,7-9H2,1H3,(H,15,17)/t12-/m0/s1. The summed E-state index contributed by atoms with van der Waals surface area (Å²) in [5.41, 5.74) is 0.566. The lowest BCUT2D eigenvalue weighted by Gasteiger charge is -2.14. The van der Waals surface area contributed by atoms with Crippen molar-refractivity contribution in [2.75, 3.05) is 19.8 Å². The van der Waals surface area contributed by atoms with Gasteiger partial charge in [-0.15, -0.1) is 0 Å². The van der Waals surface area contributed by atoms with E-state index in [2.05, 4.69) is 5.32 Å². The Morgan fingerprint density at radius 3 is 2.67 bits per heavy atom. The highest BCUT2D eigenvalue weighted by Gasteiger charge is 2.08. The van der Waals surface area contributed by atoms with Crippen molar-refractivity contribution in [3.05, 3.63) is 34.9 Å². The number of hydrogen-bond acceptors (Lipinski definition) is 3. The lowest BCUT2D eigenvalue weighted by molar-refractivity contribution is 0.0154. The van der Waals surface area contributed by atoms with Crippen molar-refractivity contribution in [2.24, 2.45) is 0 Å². The predicted octanol–water partition coefficient (Wildman–Crippen LogP) is 1.86. The van der Waals surface area contributed by atoms with Gasteiger partial charge in [0.15, 0.2) is 0 Å². The van der Waals surface area contributed by atoms with E-state index in [4.69, 9.17) is 21.4 Å². The average Bonchev–Trinajstić information content (AvgIpc) is 2.38. The highest BCUT2D eigenvalue weighted by molar-refractivity contribution is 6.30. The minimum Gasteiger partial charge on any atom is -0.394 e. The van der Waals surface area contributed by atoms with E-state index in [0.29, 0.717) is 30.2 Å². The Labute approximate surface area is 112 Å². The molecule has 1 aromatic carbocycles. The van der Waals surface area contributed by atoms with E-state index in [1.54, 1.807) is 24.3 Å². The zero-order chi connectivity index (χ0) is 13.4. The molecule has 0 radical (unpaired) electrons. The van der Waals surface area contributed by atoms with E-state index in [1.807, 2.05) is 6.92 Å². The molecule has 2 N–H and O–H groups in total. The molecule has 100 valence electrons. The number of amides is 1. The topological polar surface area (TPSA) is 58.6 Å². The number of nitrogens with one attached hydrogen (secondary N) is 1. The summed E-state index contributed by atoms with van der Waals surface area (Å²) in [7, 11) is 0.